The van der Waals surface area contributed by atoms with Gasteiger partial charge in [-0.25, -0.2) is 0 Å². The number of benzene rings is 9. The smallest absolute Gasteiger partial charge is 0.148 e. The summed E-state index contributed by atoms with van der Waals surface area (Å²) in [5, 5.41) is 3.24. The van der Waals surface area contributed by atoms with Crippen molar-refractivity contribution in [2.24, 2.45) is 0 Å². The molecule has 0 radical (unpaired) electrons. The van der Waals surface area contributed by atoms with Gasteiger partial charge in [-0.2, -0.15) is 0 Å². The number of hydrogen-bond donors (Lipinski definition) is 0. The van der Waals surface area contributed by atoms with Crippen LogP contribution in [0, 0.1) is 13.8 Å². The van der Waals surface area contributed by atoms with Crippen LogP contribution in [0.15, 0.2) is 212 Å². The Morgan fingerprint density at radius 1 is 0.381 bits per heavy atom. The Balaban J connectivity index is 1.17. The molecule has 1 aromatic heterocycles. The van der Waals surface area contributed by atoms with E-state index in [4.69, 9.17) is 32.7 Å². The molecule has 0 amide bonds. The zero-order valence-corrected chi connectivity index (χ0v) is 36.1. The molecule has 9 aromatic carbocycles. The van der Waals surface area contributed by atoms with Crippen molar-refractivity contribution in [1.82, 2.24) is 4.57 Å². The SMILES string of the molecule is Cc1cc(Oc2ccccc2)c(Cl)c(N(c2ccccc2)c2ccc3c4ccc(N(c5ccccc5)c5cc(C)cc(Oc6ccccc6)c5Cl)cc4n(-c4ccccc4)c3c2)c1. The number of aryl methyl sites for hydroxylation is 2. The van der Waals surface area contributed by atoms with Crippen LogP contribution in [0.1, 0.15) is 11.1 Å². The molecule has 0 aliphatic rings. The van der Waals surface area contributed by atoms with Crippen LogP contribution in [0.25, 0.3) is 27.5 Å². The molecule has 0 N–H and O–H groups in total. The summed E-state index contributed by atoms with van der Waals surface area (Å²) < 4.78 is 15.1. The van der Waals surface area contributed by atoms with E-state index in [1.54, 1.807) is 0 Å². The minimum absolute atomic E-state index is 0.509. The normalized spacial score (nSPS) is 11.2. The van der Waals surface area contributed by atoms with Gasteiger partial charge in [0.25, 0.3) is 0 Å². The molecule has 63 heavy (non-hydrogen) atoms. The van der Waals surface area contributed by atoms with Crippen LogP contribution in [0.2, 0.25) is 10.0 Å². The van der Waals surface area contributed by atoms with Crippen LogP contribution in [-0.4, -0.2) is 4.57 Å². The minimum atomic E-state index is 0.509. The van der Waals surface area contributed by atoms with Crippen molar-refractivity contribution in [3.8, 4) is 28.7 Å². The average Bonchev–Trinajstić information content (AvgIpc) is 3.64. The summed E-state index contributed by atoms with van der Waals surface area (Å²) >= 11 is 14.7. The number of rotatable bonds is 11. The summed E-state index contributed by atoms with van der Waals surface area (Å²) in [4.78, 5) is 4.41. The molecule has 0 bridgehead atoms. The maximum absolute atomic E-state index is 7.36. The topological polar surface area (TPSA) is 29.9 Å². The maximum Gasteiger partial charge on any atom is 0.148 e. The van der Waals surface area contributed by atoms with Crippen molar-refractivity contribution in [1.29, 1.82) is 0 Å². The fourth-order valence-electron chi connectivity index (χ4n) is 8.28. The van der Waals surface area contributed by atoms with Gasteiger partial charge in [0.15, 0.2) is 0 Å². The van der Waals surface area contributed by atoms with Crippen molar-refractivity contribution < 1.29 is 9.47 Å². The lowest BCUT2D eigenvalue weighted by atomic mass is 10.1. The average molecular weight is 859 g/mol. The highest BCUT2D eigenvalue weighted by atomic mass is 35.5. The van der Waals surface area contributed by atoms with E-state index in [1.165, 1.54) is 0 Å². The summed E-state index contributed by atoms with van der Waals surface area (Å²) in [6.07, 6.45) is 0. The van der Waals surface area contributed by atoms with E-state index in [1.807, 2.05) is 115 Å². The van der Waals surface area contributed by atoms with Gasteiger partial charge in [0.05, 0.1) is 22.4 Å². The molecule has 10 aromatic rings. The second kappa shape index (κ2) is 17.1. The van der Waals surface area contributed by atoms with Crippen LogP contribution >= 0.6 is 23.2 Å². The van der Waals surface area contributed by atoms with Gasteiger partial charge in [0.1, 0.15) is 33.0 Å². The lowest BCUT2D eigenvalue weighted by Gasteiger charge is -2.28. The first-order valence-electron chi connectivity index (χ1n) is 20.8. The van der Waals surface area contributed by atoms with Gasteiger partial charge in [-0.05, 0) is 134 Å². The number of nitrogens with zero attached hydrogens (tertiary/aromatic N) is 3. The molecule has 0 saturated heterocycles. The predicted molar refractivity (Wildman–Crippen MR) is 263 cm³/mol. The molecule has 0 spiro atoms. The van der Waals surface area contributed by atoms with Crippen molar-refractivity contribution >= 4 is 79.1 Å². The van der Waals surface area contributed by atoms with Gasteiger partial charge in [-0.3, -0.25) is 0 Å². The molecule has 0 aliphatic heterocycles. The van der Waals surface area contributed by atoms with E-state index in [0.717, 1.165) is 72.7 Å². The van der Waals surface area contributed by atoms with Crippen molar-refractivity contribution in [2.45, 2.75) is 13.8 Å². The van der Waals surface area contributed by atoms with Crippen molar-refractivity contribution in [3.05, 3.63) is 233 Å². The highest BCUT2D eigenvalue weighted by molar-refractivity contribution is 6.35. The number of hydrogen-bond acceptors (Lipinski definition) is 4. The Kier molecular flexibility index (Phi) is 10.8. The first kappa shape index (κ1) is 39.7. The van der Waals surface area contributed by atoms with E-state index < -0.39 is 0 Å². The summed E-state index contributed by atoms with van der Waals surface area (Å²) in [5.41, 5.74) is 10.6. The third-order valence-corrected chi connectivity index (χ3v) is 11.8. The van der Waals surface area contributed by atoms with Gasteiger partial charge in [-0.1, -0.05) is 126 Å². The van der Waals surface area contributed by atoms with Gasteiger partial charge < -0.3 is 23.8 Å². The minimum Gasteiger partial charge on any atom is -0.456 e. The van der Waals surface area contributed by atoms with Gasteiger partial charge in [0, 0.05) is 39.2 Å². The maximum atomic E-state index is 7.36. The lowest BCUT2D eigenvalue weighted by Crippen LogP contribution is -2.11. The molecule has 1 heterocycles. The van der Waals surface area contributed by atoms with Crippen LogP contribution < -0.4 is 19.3 Å². The number of anilines is 6. The highest BCUT2D eigenvalue weighted by Gasteiger charge is 2.24. The van der Waals surface area contributed by atoms with Gasteiger partial charge in [-0.15, -0.1) is 0 Å². The zero-order valence-electron chi connectivity index (χ0n) is 34.6. The molecule has 5 nitrogen and oxygen atoms in total. The Morgan fingerprint density at radius 2 is 0.746 bits per heavy atom. The van der Waals surface area contributed by atoms with E-state index in [2.05, 4.69) is 125 Å². The third-order valence-electron chi connectivity index (χ3n) is 11.0. The molecular formula is C56H41Cl2N3O2. The number of aromatic nitrogens is 1. The first-order chi connectivity index (χ1) is 30.9. The van der Waals surface area contributed by atoms with Crippen molar-refractivity contribution in [2.75, 3.05) is 9.80 Å². The number of ether oxygens (including phenoxy) is 2. The predicted octanol–water partition coefficient (Wildman–Crippen LogP) is 17.2. The quantitative estimate of drug-likeness (QED) is 0.130. The second-order valence-electron chi connectivity index (χ2n) is 15.4. The summed E-state index contributed by atoms with van der Waals surface area (Å²) in [6, 6.07) is 72.1. The monoisotopic (exact) mass is 857 g/mol. The molecule has 7 heteroatoms. The Labute approximate surface area is 377 Å². The largest absolute Gasteiger partial charge is 0.456 e. The molecule has 10 rings (SSSR count). The van der Waals surface area contributed by atoms with Crippen LogP contribution in [0.4, 0.5) is 34.1 Å². The number of halogens is 2. The van der Waals surface area contributed by atoms with E-state index in [-0.39, 0.29) is 0 Å². The zero-order chi connectivity index (χ0) is 42.9. The Morgan fingerprint density at radius 3 is 1.14 bits per heavy atom. The molecular weight excluding hydrogens is 818 g/mol. The fourth-order valence-corrected chi connectivity index (χ4v) is 8.74. The lowest BCUT2D eigenvalue weighted by molar-refractivity contribution is 0.482. The first-order valence-corrected chi connectivity index (χ1v) is 21.6. The molecule has 0 aliphatic carbocycles. The Hall–Kier alpha value is -7.44. The van der Waals surface area contributed by atoms with Crippen molar-refractivity contribution in [3.63, 3.8) is 0 Å². The van der Waals surface area contributed by atoms with Gasteiger partial charge in [0.2, 0.25) is 0 Å². The third kappa shape index (κ3) is 7.85. The molecule has 0 saturated carbocycles. The second-order valence-corrected chi connectivity index (χ2v) is 16.2. The van der Waals surface area contributed by atoms with E-state index in [9.17, 15) is 0 Å². The summed E-state index contributed by atoms with van der Waals surface area (Å²) in [7, 11) is 0. The molecule has 0 fully saturated rings. The molecule has 0 unspecified atom stereocenters. The number of para-hydroxylation sites is 5. The standard InChI is InChI=1S/C56H41Cl2N3O2/c1-38-32-51(55(57)53(34-38)62-45-24-14-6-15-25-45)59(40-18-8-3-9-19-40)43-28-30-47-48-31-29-44(37-50(48)61(49(47)36-43)42-22-12-5-13-23-42)60(41-20-10-4-11-21-41)52-33-39(2)35-54(56(52)58)63-46-26-16-7-17-27-46/h3-37H,1-2H3. The Bertz CT molecular complexity index is 3020. The molecule has 306 valence electrons. The fraction of sp³-hybridized carbons (Fsp3) is 0.0357. The molecule has 0 atom stereocenters. The summed E-state index contributed by atoms with van der Waals surface area (Å²) in [5.74, 6) is 2.60. The van der Waals surface area contributed by atoms with Crippen LogP contribution in [0.5, 0.6) is 23.0 Å². The van der Waals surface area contributed by atoms with Crippen LogP contribution in [0.3, 0.4) is 0 Å². The summed E-state index contributed by atoms with van der Waals surface area (Å²) in [6.45, 7) is 4.13. The van der Waals surface area contributed by atoms with Gasteiger partial charge >= 0.3 is 0 Å². The van der Waals surface area contributed by atoms with E-state index in [0.29, 0.717) is 33.0 Å². The highest BCUT2D eigenvalue weighted by Crippen LogP contribution is 2.48. The van der Waals surface area contributed by atoms with Crippen LogP contribution in [-0.2, 0) is 0 Å². The van der Waals surface area contributed by atoms with E-state index >= 15 is 0 Å². The number of fused-ring (bicyclic) bond motifs is 3.